The van der Waals surface area contributed by atoms with Gasteiger partial charge in [0.15, 0.2) is 0 Å². The van der Waals surface area contributed by atoms with E-state index in [-0.39, 0.29) is 0 Å². The van der Waals surface area contributed by atoms with Gasteiger partial charge in [0.25, 0.3) is 0 Å². The molecule has 0 fully saturated rings. The molecule has 4 nitrogen and oxygen atoms in total. The van der Waals surface area contributed by atoms with Crippen molar-refractivity contribution < 1.29 is 0 Å². The highest BCUT2D eigenvalue weighted by molar-refractivity contribution is 7.27. The topological polar surface area (TPSA) is 13.0 Å². The third kappa shape index (κ3) is 14.5. The zero-order valence-electron chi connectivity index (χ0n) is 84.7. The minimum absolute atomic E-state index is 1.14. The number of para-hydroxylation sites is 2. The maximum Gasteiger partial charge on any atom is 0.0540 e. The number of thiophene rings is 4. The van der Waals surface area contributed by atoms with Crippen LogP contribution >= 0.6 is 45.3 Å². The fraction of sp³-hybridized carbons (Fsp3) is 0.0857. The number of rotatable bonds is 16. The van der Waals surface area contributed by atoms with Crippen molar-refractivity contribution in [3.8, 4) is 44.5 Å². The molecule has 0 radical (unpaired) electrons. The van der Waals surface area contributed by atoms with E-state index in [1.807, 2.05) is 45.3 Å². The highest BCUT2D eigenvalue weighted by Crippen LogP contribution is 2.57. The quantitative estimate of drug-likeness (QED) is 0.0894. The Morgan fingerprint density at radius 1 is 0.162 bits per heavy atom. The molecule has 0 amide bonds. The maximum absolute atomic E-state index is 2.53. The highest BCUT2D eigenvalue weighted by atomic mass is 32.1. The fourth-order valence-electron chi connectivity index (χ4n) is 24.6. The maximum atomic E-state index is 2.53. The van der Waals surface area contributed by atoms with Crippen LogP contribution in [-0.4, -0.2) is 0 Å². The Morgan fingerprint density at radius 3 is 0.696 bits per heavy atom. The predicted octanol–water partition coefficient (Wildman–Crippen LogP) is 42.9. The first kappa shape index (κ1) is 90.2. The van der Waals surface area contributed by atoms with Crippen LogP contribution < -0.4 is 19.6 Å². The van der Waals surface area contributed by atoms with Crippen molar-refractivity contribution in [1.82, 2.24) is 0 Å². The molecule has 0 bridgehead atoms. The van der Waals surface area contributed by atoms with Gasteiger partial charge in [0.2, 0.25) is 0 Å². The van der Waals surface area contributed by atoms with Crippen molar-refractivity contribution in [3.63, 3.8) is 0 Å². The normalized spacial score (nSPS) is 11.9. The van der Waals surface area contributed by atoms with Gasteiger partial charge in [0.1, 0.15) is 0 Å². The van der Waals surface area contributed by atoms with Gasteiger partial charge >= 0.3 is 0 Å². The smallest absolute Gasteiger partial charge is 0.0540 e. The molecule has 148 heavy (non-hydrogen) atoms. The molecular formula is C140H104N4S4. The molecule has 28 aromatic rings. The van der Waals surface area contributed by atoms with Gasteiger partial charge in [0.05, 0.1) is 45.5 Å². The zero-order valence-corrected chi connectivity index (χ0v) is 87.9. The molecule has 0 N–H and O–H groups in total. The number of hydrogen-bond donors (Lipinski definition) is 0. The van der Waals surface area contributed by atoms with Crippen LogP contribution in [0.2, 0.25) is 0 Å². The predicted molar refractivity (Wildman–Crippen MR) is 649 cm³/mol. The van der Waals surface area contributed by atoms with Gasteiger partial charge in [-0.3, -0.25) is 0 Å². The standard InChI is InChI=1S/2C70H52N2S2/c1-41-21-29-51(30-22-41)71(67-43(3)37-49(38-44(67)4)53-15-11-17-57-55-13-7-9-19-63(55)73-69(53)57)61-35-27-47-26-34-60-62(36-28-48-25-33-59(61)65(47)66(48)60)72(52-31-23-42(2)24-32-52)68-45(5)39-50(40-46(68)6)54-16-12-18-58-56-14-8-10-20-64(56)74-70(54)58;1-41-39-59(55-27-17-25-53-51-23-13-15-29-63(51)73-69(53)55)43(3)45(5)67(41)71(49-19-9-7-10-20-49)61-37-33-47-32-36-58-62(38-34-48-31-35-57(61)65(47)66(48)58)72(50-21-11-8-12-22-50)68-42(2)40-60(44(4)46(68)6)56-28-18-26-54-52-24-14-16-30-64(52)74-70(54)56/h2*7-40H,1-6H3. The Bertz CT molecular complexity index is 9660. The second-order valence-electron chi connectivity index (χ2n) is 40.6. The monoisotopic (exact) mass is 1970 g/mol. The van der Waals surface area contributed by atoms with Crippen molar-refractivity contribution in [2.75, 3.05) is 19.6 Å². The Hall–Kier alpha value is -16.6. The zero-order chi connectivity index (χ0) is 99.9. The molecule has 0 unspecified atom stereocenters. The number of nitrogens with zero attached hydrogens (tertiary/aromatic N) is 4. The summed E-state index contributed by atoms with van der Waals surface area (Å²) < 4.78 is 10.7. The summed E-state index contributed by atoms with van der Waals surface area (Å²) in [6, 6.07) is 155. The van der Waals surface area contributed by atoms with Crippen LogP contribution in [0.25, 0.3) is 190 Å². The van der Waals surface area contributed by atoms with Crippen molar-refractivity contribution in [2.24, 2.45) is 0 Å². The van der Waals surface area contributed by atoms with Gasteiger partial charge in [0, 0.05) is 125 Å². The summed E-state index contributed by atoms with van der Waals surface area (Å²) in [5.41, 5.74) is 39.4. The summed E-state index contributed by atoms with van der Waals surface area (Å²) >= 11 is 7.59. The van der Waals surface area contributed by atoms with Crippen molar-refractivity contribution in [3.05, 3.63) is 479 Å². The first-order chi connectivity index (χ1) is 72.4. The molecule has 0 atom stereocenters. The van der Waals surface area contributed by atoms with Crippen LogP contribution in [0.5, 0.6) is 0 Å². The Morgan fingerprint density at radius 2 is 0.399 bits per heavy atom. The summed E-state index contributed by atoms with van der Waals surface area (Å²) in [4.78, 5) is 10.1. The third-order valence-corrected chi connectivity index (χ3v) is 36.5. The first-order valence-corrected chi connectivity index (χ1v) is 54.6. The van der Waals surface area contributed by atoms with Gasteiger partial charge in [-0.15, -0.1) is 45.3 Å². The molecular weight excluding hydrogens is 1870 g/mol. The lowest BCUT2D eigenvalue weighted by molar-refractivity contribution is 1.20. The van der Waals surface area contributed by atoms with Gasteiger partial charge in [-0.05, 0) is 360 Å². The van der Waals surface area contributed by atoms with Crippen molar-refractivity contribution in [1.29, 1.82) is 0 Å². The van der Waals surface area contributed by atoms with E-state index >= 15 is 0 Å². The highest BCUT2D eigenvalue weighted by Gasteiger charge is 2.32. The van der Waals surface area contributed by atoms with Crippen molar-refractivity contribution in [2.45, 2.75) is 83.1 Å². The number of aryl methyl sites for hydroxylation is 8. The molecule has 708 valence electrons. The summed E-state index contributed by atoms with van der Waals surface area (Å²) in [5, 5.41) is 25.6. The summed E-state index contributed by atoms with van der Waals surface area (Å²) in [6.07, 6.45) is 0. The molecule has 24 aromatic carbocycles. The molecule has 0 saturated heterocycles. The van der Waals surface area contributed by atoms with Gasteiger partial charge in [-0.1, -0.05) is 290 Å². The van der Waals surface area contributed by atoms with E-state index in [4.69, 9.17) is 0 Å². The number of fused-ring (bicyclic) bond motifs is 12. The van der Waals surface area contributed by atoms with E-state index in [2.05, 4.69) is 515 Å². The molecule has 0 aliphatic rings. The average molecular weight is 1970 g/mol. The Kier molecular flexibility index (Phi) is 21.8. The first-order valence-electron chi connectivity index (χ1n) is 51.3. The molecule has 28 rings (SSSR count). The summed E-state index contributed by atoms with van der Waals surface area (Å²) in [7, 11) is 0. The average Bonchev–Trinajstić information content (AvgIpc) is 1.36. The number of anilines is 12. The van der Waals surface area contributed by atoms with E-state index in [1.165, 1.54) is 291 Å². The van der Waals surface area contributed by atoms with E-state index in [0.29, 0.717) is 0 Å². The fourth-order valence-corrected chi connectivity index (χ4v) is 29.5. The second kappa shape index (κ2) is 35.7. The van der Waals surface area contributed by atoms with Crippen LogP contribution in [0.3, 0.4) is 0 Å². The lowest BCUT2D eigenvalue weighted by atomic mass is 9.89. The Balaban J connectivity index is 0.000000146. The van der Waals surface area contributed by atoms with Gasteiger partial charge in [-0.2, -0.15) is 0 Å². The molecule has 4 aromatic heterocycles. The second-order valence-corrected chi connectivity index (χ2v) is 44.8. The van der Waals surface area contributed by atoms with E-state index in [0.717, 1.165) is 34.1 Å². The van der Waals surface area contributed by atoms with Crippen molar-refractivity contribution >= 4 is 259 Å². The molecule has 0 aliphatic heterocycles. The van der Waals surface area contributed by atoms with Gasteiger partial charge < -0.3 is 19.6 Å². The minimum atomic E-state index is 1.14. The third-order valence-electron chi connectivity index (χ3n) is 31.6. The molecule has 4 heterocycles. The molecule has 0 spiro atoms. The van der Waals surface area contributed by atoms with E-state index in [9.17, 15) is 0 Å². The molecule has 0 aliphatic carbocycles. The van der Waals surface area contributed by atoms with Crippen LogP contribution in [-0.2, 0) is 0 Å². The minimum Gasteiger partial charge on any atom is -0.309 e. The lowest BCUT2D eigenvalue weighted by Crippen LogP contribution is -2.15. The van der Waals surface area contributed by atoms with E-state index in [1.54, 1.807) is 0 Å². The number of hydrogen-bond acceptors (Lipinski definition) is 8. The summed E-state index contributed by atoms with van der Waals surface area (Å²) in [6.45, 7) is 27.4. The summed E-state index contributed by atoms with van der Waals surface area (Å²) in [5.74, 6) is 0. The van der Waals surface area contributed by atoms with Crippen LogP contribution in [0.4, 0.5) is 68.2 Å². The van der Waals surface area contributed by atoms with Crippen LogP contribution in [0, 0.1) is 83.1 Å². The molecule has 0 saturated carbocycles. The van der Waals surface area contributed by atoms with E-state index < -0.39 is 0 Å². The van der Waals surface area contributed by atoms with Crippen LogP contribution in [0.15, 0.2) is 413 Å². The number of benzene rings is 24. The largest absolute Gasteiger partial charge is 0.309 e. The molecule has 8 heteroatoms. The lowest BCUT2D eigenvalue weighted by Gasteiger charge is -2.33. The van der Waals surface area contributed by atoms with Gasteiger partial charge in [-0.25, -0.2) is 0 Å². The Labute approximate surface area is 878 Å². The SMILES string of the molecule is Cc1cc(-c2cccc3c2sc2ccccc23)c(C)c(C)c1N(c1ccccc1)c1ccc2ccc3c(N(c4ccccc4)c4c(C)cc(-c5cccc6c5sc5ccccc56)c(C)c4C)ccc4ccc1c2c43.Cc1ccc(N(c2c(C)cc(-c3cccc4c3sc3ccccc34)cc2C)c2ccc3ccc4c(N(c5ccc(C)cc5)c5c(C)cc(-c6cccc7c6sc6ccccc67)cc5C)ccc5ccc2c3c54)cc1. The van der Waals surface area contributed by atoms with Crippen LogP contribution in [0.1, 0.15) is 66.8 Å².